The molecule has 106 valence electrons. The highest BCUT2D eigenvalue weighted by atomic mass is 28.4. The third-order valence-electron chi connectivity index (χ3n) is 4.42. The molecular weight excluding hydrogens is 248 g/mol. The highest BCUT2D eigenvalue weighted by Gasteiger charge is 2.41. The predicted molar refractivity (Wildman–Crippen MR) is 86.6 cm³/mol. The third-order valence-corrected chi connectivity index (χ3v) is 9.60. The van der Waals surface area contributed by atoms with Crippen molar-refractivity contribution in [2.45, 2.75) is 58.2 Å². The van der Waals surface area contributed by atoms with E-state index in [-0.39, 0.29) is 0 Å². The van der Waals surface area contributed by atoms with Crippen LogP contribution >= 0.6 is 0 Å². The van der Waals surface area contributed by atoms with Crippen molar-refractivity contribution in [3.63, 3.8) is 0 Å². The second-order valence-electron chi connectivity index (χ2n) is 5.45. The summed E-state index contributed by atoms with van der Waals surface area (Å²) in [6, 6.07) is 10.5. The van der Waals surface area contributed by atoms with Crippen LogP contribution in [0.2, 0.25) is 11.1 Å². The Hall–Kier alpha value is -0.863. The minimum Gasteiger partial charge on any atom is -0.408 e. The van der Waals surface area contributed by atoms with Gasteiger partial charge in [0.1, 0.15) is 0 Å². The summed E-state index contributed by atoms with van der Waals surface area (Å²) >= 11 is 0. The van der Waals surface area contributed by atoms with E-state index in [1.165, 1.54) is 5.56 Å². The smallest absolute Gasteiger partial charge is 0.222 e. The lowest BCUT2D eigenvalue weighted by atomic mass is 10.2. The summed E-state index contributed by atoms with van der Waals surface area (Å²) in [4.78, 5) is 0. The van der Waals surface area contributed by atoms with Gasteiger partial charge in [-0.2, -0.15) is 0 Å². The van der Waals surface area contributed by atoms with Crippen LogP contribution in [-0.4, -0.2) is 8.32 Å². The van der Waals surface area contributed by atoms with Gasteiger partial charge in [-0.3, -0.25) is 0 Å². The molecule has 2 unspecified atom stereocenters. The van der Waals surface area contributed by atoms with Crippen molar-refractivity contribution in [3.8, 4) is 0 Å². The van der Waals surface area contributed by atoms with Gasteiger partial charge < -0.3 is 4.43 Å². The summed E-state index contributed by atoms with van der Waals surface area (Å²) in [7, 11) is -1.90. The molecule has 0 bridgehead atoms. The Morgan fingerprint density at radius 3 is 2.05 bits per heavy atom. The summed E-state index contributed by atoms with van der Waals surface area (Å²) in [5, 5.41) is 0. The fraction of sp³-hybridized carbons (Fsp3) is 0.529. The highest BCUT2D eigenvalue weighted by Crippen LogP contribution is 2.39. The van der Waals surface area contributed by atoms with Crippen molar-refractivity contribution in [1.82, 2.24) is 0 Å². The molecule has 19 heavy (non-hydrogen) atoms. The summed E-state index contributed by atoms with van der Waals surface area (Å²) in [5.74, 6) is 0. The maximum absolute atomic E-state index is 6.49. The van der Waals surface area contributed by atoms with Crippen LogP contribution in [-0.2, 0) is 11.0 Å². The van der Waals surface area contributed by atoms with Crippen molar-refractivity contribution >= 4 is 8.32 Å². The number of benzene rings is 1. The van der Waals surface area contributed by atoms with Gasteiger partial charge in [0.15, 0.2) is 0 Å². The van der Waals surface area contributed by atoms with Crippen molar-refractivity contribution in [2.75, 3.05) is 0 Å². The maximum Gasteiger partial charge on any atom is 0.222 e. The van der Waals surface area contributed by atoms with E-state index in [1.54, 1.807) is 0 Å². The van der Waals surface area contributed by atoms with Gasteiger partial charge in [-0.1, -0.05) is 76.6 Å². The van der Waals surface area contributed by atoms with Crippen molar-refractivity contribution in [1.29, 1.82) is 0 Å². The van der Waals surface area contributed by atoms with Crippen LogP contribution in [0.4, 0.5) is 0 Å². The largest absolute Gasteiger partial charge is 0.408 e. The molecule has 0 radical (unpaired) electrons. The van der Waals surface area contributed by atoms with Crippen LogP contribution in [0.1, 0.15) is 46.1 Å². The molecule has 0 saturated carbocycles. The molecule has 1 aromatic rings. The van der Waals surface area contributed by atoms with Crippen LogP contribution in [0, 0.1) is 0 Å². The summed E-state index contributed by atoms with van der Waals surface area (Å²) in [6.07, 6.45) is 2.33. The first-order valence-electron chi connectivity index (χ1n) is 7.42. The Morgan fingerprint density at radius 1 is 1.11 bits per heavy atom. The zero-order chi connectivity index (χ0) is 14.3. The lowest BCUT2D eigenvalue weighted by Crippen LogP contribution is -2.44. The molecular formula is C17H28OSi. The molecule has 0 N–H and O–H groups in total. The molecule has 0 amide bonds. The third kappa shape index (κ3) is 3.80. The van der Waals surface area contributed by atoms with E-state index in [9.17, 15) is 0 Å². The van der Waals surface area contributed by atoms with Gasteiger partial charge in [0, 0.05) is 0 Å². The fourth-order valence-electron chi connectivity index (χ4n) is 2.65. The Balaban J connectivity index is 2.88. The summed E-state index contributed by atoms with van der Waals surface area (Å²) in [6.45, 7) is 14.0. The monoisotopic (exact) mass is 276 g/mol. The lowest BCUT2D eigenvalue weighted by Gasteiger charge is -2.38. The van der Waals surface area contributed by atoms with Crippen LogP contribution < -0.4 is 0 Å². The molecule has 0 heterocycles. The van der Waals surface area contributed by atoms with Gasteiger partial charge in [0.05, 0.1) is 6.61 Å². The second-order valence-corrected chi connectivity index (χ2v) is 9.83. The van der Waals surface area contributed by atoms with Crippen LogP contribution in [0.5, 0.6) is 0 Å². The standard InChI is InChI=1S/C17H28OSi/c1-6-15(4)19(8-3,16(5)7-2)18-14-17-12-10-9-11-13-17/h8-13,15-16H,3,6-7,14H2,1-2,4-5H3. The van der Waals surface area contributed by atoms with Crippen molar-refractivity contribution < 1.29 is 4.43 Å². The molecule has 2 atom stereocenters. The Kier molecular flexibility index (Phi) is 6.53. The van der Waals surface area contributed by atoms with Crippen LogP contribution in [0.3, 0.4) is 0 Å². The van der Waals surface area contributed by atoms with Gasteiger partial charge in [-0.25, -0.2) is 0 Å². The zero-order valence-electron chi connectivity index (χ0n) is 12.9. The molecule has 1 nitrogen and oxygen atoms in total. The first-order chi connectivity index (χ1) is 9.10. The van der Waals surface area contributed by atoms with E-state index in [0.717, 1.165) is 12.8 Å². The van der Waals surface area contributed by atoms with Crippen molar-refractivity contribution in [2.24, 2.45) is 0 Å². The SMILES string of the molecule is C=C[Si](OCc1ccccc1)(C(C)CC)C(C)CC. The second kappa shape index (κ2) is 7.66. The topological polar surface area (TPSA) is 9.23 Å². The van der Waals surface area contributed by atoms with Gasteiger partial charge in [-0.05, 0) is 16.6 Å². The van der Waals surface area contributed by atoms with Crippen molar-refractivity contribution in [3.05, 3.63) is 48.2 Å². The molecule has 1 aromatic carbocycles. The first-order valence-corrected chi connectivity index (χ1v) is 9.56. The molecule has 2 heteroatoms. The van der Waals surface area contributed by atoms with Gasteiger partial charge in [-0.15, -0.1) is 6.58 Å². The summed E-state index contributed by atoms with van der Waals surface area (Å²) < 4.78 is 6.49. The predicted octanol–water partition coefficient (Wildman–Crippen LogP) is 5.47. The van der Waals surface area contributed by atoms with Gasteiger partial charge in [0.2, 0.25) is 8.32 Å². The van der Waals surface area contributed by atoms with E-state index in [0.29, 0.717) is 17.7 Å². The van der Waals surface area contributed by atoms with E-state index >= 15 is 0 Å². The van der Waals surface area contributed by atoms with E-state index < -0.39 is 8.32 Å². The van der Waals surface area contributed by atoms with Gasteiger partial charge >= 0.3 is 0 Å². The number of rotatable bonds is 8. The Morgan fingerprint density at radius 2 is 1.63 bits per heavy atom. The molecule has 0 aliphatic carbocycles. The summed E-state index contributed by atoms with van der Waals surface area (Å²) in [5.41, 5.74) is 4.65. The Bertz CT molecular complexity index is 364. The normalized spacial score (nSPS) is 17.5. The van der Waals surface area contributed by atoms with Crippen LogP contribution in [0.15, 0.2) is 42.6 Å². The van der Waals surface area contributed by atoms with E-state index in [1.807, 2.05) is 6.07 Å². The molecule has 0 spiro atoms. The first kappa shape index (κ1) is 16.2. The molecule has 0 aliphatic heterocycles. The molecule has 1 rings (SSSR count). The molecule has 0 saturated heterocycles. The molecule has 0 fully saturated rings. The van der Waals surface area contributed by atoms with Crippen LogP contribution in [0.25, 0.3) is 0 Å². The lowest BCUT2D eigenvalue weighted by molar-refractivity contribution is 0.277. The highest BCUT2D eigenvalue weighted by molar-refractivity contribution is 6.81. The number of hydrogen-bond donors (Lipinski definition) is 0. The minimum atomic E-state index is -1.90. The zero-order valence-corrected chi connectivity index (χ0v) is 13.9. The quantitative estimate of drug-likeness (QED) is 0.572. The minimum absolute atomic E-state index is 0.615. The molecule has 0 aromatic heterocycles. The average molecular weight is 276 g/mol. The Labute approximate surface area is 119 Å². The molecule has 0 aliphatic rings. The average Bonchev–Trinajstić information content (AvgIpc) is 2.48. The maximum atomic E-state index is 6.49. The fourth-order valence-corrected chi connectivity index (χ4v) is 6.81. The van der Waals surface area contributed by atoms with E-state index in [2.05, 4.69) is 64.2 Å². The number of hydrogen-bond acceptors (Lipinski definition) is 1. The van der Waals surface area contributed by atoms with E-state index in [4.69, 9.17) is 4.43 Å². The van der Waals surface area contributed by atoms with Gasteiger partial charge in [0.25, 0.3) is 0 Å².